The molecule has 2 atom stereocenters. The van der Waals surface area contributed by atoms with Crippen molar-refractivity contribution in [3.8, 4) is 0 Å². The van der Waals surface area contributed by atoms with E-state index in [2.05, 4.69) is 28.3 Å². The number of nitrogens with one attached hydrogen (secondary N) is 2. The van der Waals surface area contributed by atoms with Crippen molar-refractivity contribution in [3.05, 3.63) is 40.1 Å². The number of fused-ring (bicyclic) bond motifs is 1. The zero-order chi connectivity index (χ0) is 14.1. The number of imidazole rings is 1. The van der Waals surface area contributed by atoms with E-state index < -0.39 is 0 Å². The van der Waals surface area contributed by atoms with Gasteiger partial charge in [-0.15, -0.1) is 11.3 Å². The molecule has 6 heteroatoms. The minimum atomic E-state index is -0.182. The summed E-state index contributed by atoms with van der Waals surface area (Å²) in [4.78, 5) is 23.0. The quantitative estimate of drug-likeness (QED) is 0.904. The van der Waals surface area contributed by atoms with E-state index in [-0.39, 0.29) is 18.0 Å². The summed E-state index contributed by atoms with van der Waals surface area (Å²) in [5.74, 6) is 0.125. The van der Waals surface area contributed by atoms with Gasteiger partial charge in [0.2, 0.25) is 5.91 Å². The Kier molecular flexibility index (Phi) is 3.58. The van der Waals surface area contributed by atoms with Crippen LogP contribution >= 0.6 is 11.3 Å². The minimum Gasteiger partial charge on any atom is -0.347 e. The number of H-pyrrole nitrogens is 1. The molecule has 2 aromatic heterocycles. The molecule has 2 aromatic rings. The Hall–Kier alpha value is -1.66. The first-order chi connectivity index (χ1) is 9.66. The highest BCUT2D eigenvalue weighted by Gasteiger charge is 2.30. The van der Waals surface area contributed by atoms with E-state index in [9.17, 15) is 4.79 Å². The Morgan fingerprint density at radius 1 is 1.60 bits per heavy atom. The lowest BCUT2D eigenvalue weighted by molar-refractivity contribution is -0.134. The molecule has 0 saturated carbocycles. The number of hydrogen-bond acceptors (Lipinski definition) is 4. The smallest absolute Gasteiger partial charge is 0.240 e. The maximum Gasteiger partial charge on any atom is 0.240 e. The SMILES string of the molecule is CC(c1cccs1)N(C)C(=O)C1Cc2nc[nH]c2CN1. The second-order valence-corrected chi connectivity index (χ2v) is 6.09. The summed E-state index contributed by atoms with van der Waals surface area (Å²) >= 11 is 1.68. The van der Waals surface area contributed by atoms with Crippen molar-refractivity contribution < 1.29 is 4.79 Å². The topological polar surface area (TPSA) is 61.0 Å². The van der Waals surface area contributed by atoms with Crippen LogP contribution in [0.15, 0.2) is 23.8 Å². The van der Waals surface area contributed by atoms with Crippen LogP contribution in [0.4, 0.5) is 0 Å². The van der Waals surface area contributed by atoms with Crippen molar-refractivity contribution in [1.82, 2.24) is 20.2 Å². The van der Waals surface area contributed by atoms with Gasteiger partial charge in [0, 0.05) is 24.9 Å². The summed E-state index contributed by atoms with van der Waals surface area (Å²) in [6.45, 7) is 2.74. The second kappa shape index (κ2) is 5.38. The minimum absolute atomic E-state index is 0.102. The highest BCUT2D eigenvalue weighted by atomic mass is 32.1. The van der Waals surface area contributed by atoms with Gasteiger partial charge in [-0.3, -0.25) is 10.1 Å². The van der Waals surface area contributed by atoms with Gasteiger partial charge < -0.3 is 9.88 Å². The predicted octanol–water partition coefficient (Wildman–Crippen LogP) is 1.71. The number of aromatic nitrogens is 2. The van der Waals surface area contributed by atoms with Crippen molar-refractivity contribution in [3.63, 3.8) is 0 Å². The van der Waals surface area contributed by atoms with Gasteiger partial charge in [-0.1, -0.05) is 6.07 Å². The van der Waals surface area contributed by atoms with Crippen LogP contribution in [0.2, 0.25) is 0 Å². The molecule has 5 nitrogen and oxygen atoms in total. The summed E-state index contributed by atoms with van der Waals surface area (Å²) < 4.78 is 0. The molecule has 20 heavy (non-hydrogen) atoms. The maximum absolute atomic E-state index is 12.6. The molecule has 1 aliphatic rings. The van der Waals surface area contributed by atoms with Crippen molar-refractivity contribution in [1.29, 1.82) is 0 Å². The lowest BCUT2D eigenvalue weighted by Crippen LogP contribution is -2.48. The van der Waals surface area contributed by atoms with Crippen molar-refractivity contribution in [2.24, 2.45) is 0 Å². The number of thiophene rings is 1. The van der Waals surface area contributed by atoms with Gasteiger partial charge in [-0.05, 0) is 18.4 Å². The molecule has 0 aliphatic carbocycles. The number of hydrogen-bond donors (Lipinski definition) is 2. The monoisotopic (exact) mass is 290 g/mol. The average Bonchev–Trinajstić information content (AvgIpc) is 3.14. The second-order valence-electron chi connectivity index (χ2n) is 5.11. The van der Waals surface area contributed by atoms with E-state index in [4.69, 9.17) is 0 Å². The molecule has 0 radical (unpaired) electrons. The van der Waals surface area contributed by atoms with Crippen LogP contribution in [0.5, 0.6) is 0 Å². The van der Waals surface area contributed by atoms with E-state index in [0.29, 0.717) is 13.0 Å². The maximum atomic E-state index is 12.6. The fraction of sp³-hybridized carbons (Fsp3) is 0.429. The molecule has 106 valence electrons. The number of likely N-dealkylation sites (N-methyl/N-ethyl adjacent to an activating group) is 1. The van der Waals surface area contributed by atoms with E-state index in [0.717, 1.165) is 11.4 Å². The summed E-state index contributed by atoms with van der Waals surface area (Å²) in [5, 5.41) is 5.32. The molecule has 2 N–H and O–H groups in total. The van der Waals surface area contributed by atoms with Crippen LogP contribution in [0.3, 0.4) is 0 Å². The van der Waals surface area contributed by atoms with Gasteiger partial charge in [0.25, 0.3) is 0 Å². The Balaban J connectivity index is 1.70. The Morgan fingerprint density at radius 3 is 3.20 bits per heavy atom. The zero-order valence-corrected chi connectivity index (χ0v) is 12.4. The fourth-order valence-corrected chi connectivity index (χ4v) is 3.33. The van der Waals surface area contributed by atoms with Crippen LogP contribution in [-0.2, 0) is 17.8 Å². The van der Waals surface area contributed by atoms with E-state index in [1.807, 2.05) is 23.4 Å². The number of nitrogens with zero attached hydrogens (tertiary/aromatic N) is 2. The number of aromatic amines is 1. The molecule has 0 spiro atoms. The summed E-state index contributed by atoms with van der Waals surface area (Å²) in [6, 6.07) is 4.01. The van der Waals surface area contributed by atoms with Crippen molar-refractivity contribution >= 4 is 17.2 Å². The summed E-state index contributed by atoms with van der Waals surface area (Å²) in [7, 11) is 1.87. The van der Waals surface area contributed by atoms with E-state index in [1.165, 1.54) is 4.88 Å². The van der Waals surface area contributed by atoms with Crippen LogP contribution in [0.25, 0.3) is 0 Å². The van der Waals surface area contributed by atoms with E-state index >= 15 is 0 Å². The first kappa shape index (κ1) is 13.3. The van der Waals surface area contributed by atoms with Gasteiger partial charge >= 0.3 is 0 Å². The van der Waals surface area contributed by atoms with Crippen LogP contribution in [-0.4, -0.2) is 33.9 Å². The summed E-state index contributed by atoms with van der Waals surface area (Å²) in [5.41, 5.74) is 2.09. The first-order valence-electron chi connectivity index (χ1n) is 6.71. The fourth-order valence-electron chi connectivity index (χ4n) is 2.50. The normalized spacial score (nSPS) is 19.4. The lowest BCUT2D eigenvalue weighted by atomic mass is 10.0. The van der Waals surface area contributed by atoms with Crippen molar-refractivity contribution in [2.75, 3.05) is 7.05 Å². The number of rotatable bonds is 3. The highest BCUT2D eigenvalue weighted by Crippen LogP contribution is 2.24. The number of amides is 1. The van der Waals surface area contributed by atoms with Gasteiger partial charge in [-0.25, -0.2) is 4.98 Å². The third-order valence-electron chi connectivity index (χ3n) is 3.91. The van der Waals surface area contributed by atoms with E-state index in [1.54, 1.807) is 17.7 Å². The molecule has 0 saturated heterocycles. The Bertz CT molecular complexity index is 588. The van der Waals surface area contributed by atoms with Crippen LogP contribution in [0.1, 0.15) is 29.2 Å². The van der Waals surface area contributed by atoms with Crippen LogP contribution in [0, 0.1) is 0 Å². The highest BCUT2D eigenvalue weighted by molar-refractivity contribution is 7.10. The number of carbonyl (C=O) groups excluding carboxylic acids is 1. The first-order valence-corrected chi connectivity index (χ1v) is 7.59. The van der Waals surface area contributed by atoms with Crippen molar-refractivity contribution in [2.45, 2.75) is 32.0 Å². The standard InChI is InChI=1S/C14H18N4OS/c1-9(13-4-3-5-20-13)18(2)14(19)11-6-10-12(7-15-11)17-8-16-10/h3-5,8-9,11,15H,6-7H2,1-2H3,(H,16,17). The molecule has 3 heterocycles. The molecular formula is C14H18N4OS. The lowest BCUT2D eigenvalue weighted by Gasteiger charge is -2.30. The molecule has 0 fully saturated rings. The third-order valence-corrected chi connectivity index (χ3v) is 4.95. The molecule has 0 aromatic carbocycles. The van der Waals surface area contributed by atoms with Crippen LogP contribution < -0.4 is 5.32 Å². The van der Waals surface area contributed by atoms with Gasteiger partial charge in [-0.2, -0.15) is 0 Å². The predicted molar refractivity (Wildman–Crippen MR) is 78.4 cm³/mol. The number of carbonyl (C=O) groups is 1. The molecule has 0 bridgehead atoms. The third kappa shape index (κ3) is 2.36. The molecular weight excluding hydrogens is 272 g/mol. The molecule has 1 amide bonds. The molecule has 1 aliphatic heterocycles. The van der Waals surface area contributed by atoms with Gasteiger partial charge in [0.05, 0.1) is 29.8 Å². The largest absolute Gasteiger partial charge is 0.347 e. The molecule has 2 unspecified atom stereocenters. The molecule has 3 rings (SSSR count). The summed E-state index contributed by atoms with van der Waals surface area (Å²) in [6.07, 6.45) is 2.34. The van der Waals surface area contributed by atoms with Gasteiger partial charge in [0.15, 0.2) is 0 Å². The average molecular weight is 290 g/mol. The Labute approximate surface area is 122 Å². The zero-order valence-electron chi connectivity index (χ0n) is 11.6. The van der Waals surface area contributed by atoms with Gasteiger partial charge in [0.1, 0.15) is 0 Å². The Morgan fingerprint density at radius 2 is 2.45 bits per heavy atom.